The third-order valence-electron chi connectivity index (χ3n) is 5.43. The summed E-state index contributed by atoms with van der Waals surface area (Å²) in [6.07, 6.45) is 3.94. The molecule has 1 aliphatic carbocycles. The molecular weight excluding hydrogens is 350 g/mol. The van der Waals surface area contributed by atoms with E-state index in [1.165, 1.54) is 16.0 Å². The van der Waals surface area contributed by atoms with Crippen molar-refractivity contribution in [2.24, 2.45) is 4.99 Å². The lowest BCUT2D eigenvalue weighted by Crippen LogP contribution is -2.44. The second-order valence-corrected chi connectivity index (χ2v) is 9.00. The predicted molar refractivity (Wildman–Crippen MR) is 99.1 cm³/mol. The van der Waals surface area contributed by atoms with E-state index >= 15 is 0 Å². The Morgan fingerprint density at radius 1 is 1.08 bits per heavy atom. The minimum Gasteiger partial charge on any atom is -0.605 e. The van der Waals surface area contributed by atoms with Crippen LogP contribution in [0.3, 0.4) is 0 Å². The maximum atomic E-state index is 13.1. The van der Waals surface area contributed by atoms with Gasteiger partial charge in [0.15, 0.2) is 4.90 Å². The highest BCUT2D eigenvalue weighted by Crippen LogP contribution is 2.63. The Kier molecular flexibility index (Phi) is 2.57. The monoisotopic (exact) mass is 361 g/mol. The van der Waals surface area contributed by atoms with Gasteiger partial charge < -0.3 is 4.55 Å². The number of benzene rings is 2. The van der Waals surface area contributed by atoms with Gasteiger partial charge in [-0.3, -0.25) is 4.79 Å². The summed E-state index contributed by atoms with van der Waals surface area (Å²) in [5.74, 6) is -0.246. The van der Waals surface area contributed by atoms with Crippen LogP contribution < -0.4 is 0 Å². The number of aliphatic imine (C=N–C) groups is 1. The molecular formula is C20H11NO2S2. The van der Waals surface area contributed by atoms with E-state index in [1.54, 1.807) is 11.8 Å². The van der Waals surface area contributed by atoms with E-state index in [0.29, 0.717) is 10.6 Å². The molecule has 0 saturated carbocycles. The van der Waals surface area contributed by atoms with E-state index in [9.17, 15) is 9.35 Å². The fourth-order valence-corrected chi connectivity index (χ4v) is 7.75. The summed E-state index contributed by atoms with van der Waals surface area (Å²) in [5.41, 5.74) is 3.35. The lowest BCUT2D eigenvalue weighted by atomic mass is 9.68. The van der Waals surface area contributed by atoms with Gasteiger partial charge in [0, 0.05) is 27.2 Å². The van der Waals surface area contributed by atoms with Crippen LogP contribution in [0.15, 0.2) is 81.0 Å². The van der Waals surface area contributed by atoms with Gasteiger partial charge in [0.05, 0.1) is 5.25 Å². The van der Waals surface area contributed by atoms with Gasteiger partial charge in [-0.1, -0.05) is 48.6 Å². The molecule has 0 N–H and O–H groups in total. The summed E-state index contributed by atoms with van der Waals surface area (Å²) < 4.78 is 13.1. The summed E-state index contributed by atoms with van der Waals surface area (Å²) in [5, 5.41) is 0.517. The molecule has 0 radical (unpaired) electrons. The van der Waals surface area contributed by atoms with Crippen molar-refractivity contribution in [2.75, 3.05) is 0 Å². The molecule has 3 atom stereocenters. The van der Waals surface area contributed by atoms with Crippen LogP contribution >= 0.6 is 11.8 Å². The van der Waals surface area contributed by atoms with Crippen molar-refractivity contribution in [3.05, 3.63) is 77.4 Å². The van der Waals surface area contributed by atoms with Crippen molar-refractivity contribution >= 4 is 39.5 Å². The predicted octanol–water partition coefficient (Wildman–Crippen LogP) is 3.48. The topological polar surface area (TPSA) is 52.5 Å². The Morgan fingerprint density at radius 2 is 1.88 bits per heavy atom. The Hall–Kier alpha value is -2.08. The molecule has 5 heteroatoms. The highest BCUT2D eigenvalue weighted by molar-refractivity contribution is 8.07. The lowest BCUT2D eigenvalue weighted by Gasteiger charge is -2.33. The highest BCUT2D eigenvalue weighted by atomic mass is 32.2. The van der Waals surface area contributed by atoms with Crippen LogP contribution in [0, 0.1) is 0 Å². The second-order valence-electron chi connectivity index (χ2n) is 6.49. The number of fused-ring (bicyclic) bond motifs is 4. The molecule has 0 fully saturated rings. The van der Waals surface area contributed by atoms with Crippen LogP contribution in [-0.2, 0) is 21.4 Å². The number of thioether (sulfide) groups is 1. The number of hydrogen-bond donors (Lipinski definition) is 0. The number of hydrogen-bond acceptors (Lipinski definition) is 3. The summed E-state index contributed by atoms with van der Waals surface area (Å²) in [4.78, 5) is 18.9. The molecule has 3 unspecified atom stereocenters. The zero-order valence-corrected chi connectivity index (χ0v) is 14.6. The minimum absolute atomic E-state index is 0.00250. The number of rotatable bonds is 0. The van der Waals surface area contributed by atoms with Crippen molar-refractivity contribution in [1.82, 2.24) is 0 Å². The molecule has 3 nitrogen and oxygen atoms in total. The second kappa shape index (κ2) is 4.55. The van der Waals surface area contributed by atoms with Gasteiger partial charge in [0.1, 0.15) is 5.41 Å². The molecule has 0 saturated heterocycles. The van der Waals surface area contributed by atoms with E-state index < -0.39 is 16.6 Å². The largest absolute Gasteiger partial charge is 0.605 e. The molecule has 120 valence electrons. The first-order chi connectivity index (χ1) is 12.2. The molecule has 3 aliphatic heterocycles. The summed E-state index contributed by atoms with van der Waals surface area (Å²) in [7, 11) is 0. The van der Waals surface area contributed by atoms with Crippen molar-refractivity contribution in [1.29, 1.82) is 0 Å². The third-order valence-corrected chi connectivity index (χ3v) is 8.40. The zero-order chi connectivity index (χ0) is 16.8. The molecule has 4 aliphatic rings. The molecule has 0 bridgehead atoms. The number of allylic oxidation sites excluding steroid dienone is 2. The normalized spacial score (nSPS) is 30.6. The van der Waals surface area contributed by atoms with Gasteiger partial charge in [-0.15, -0.1) is 11.8 Å². The first kappa shape index (κ1) is 14.1. The number of carbonyl (C=O) groups is 1. The van der Waals surface area contributed by atoms with E-state index in [0.717, 1.165) is 10.5 Å². The number of carbonyl (C=O) groups excluding carboxylic acids is 1. The molecule has 25 heavy (non-hydrogen) atoms. The Morgan fingerprint density at radius 3 is 2.80 bits per heavy atom. The van der Waals surface area contributed by atoms with Crippen molar-refractivity contribution in [3.8, 4) is 0 Å². The third kappa shape index (κ3) is 1.47. The van der Waals surface area contributed by atoms with Crippen molar-refractivity contribution in [2.45, 2.75) is 20.5 Å². The molecule has 2 aromatic carbocycles. The first-order valence-corrected chi connectivity index (χ1v) is 10.1. The first-order valence-electron chi connectivity index (χ1n) is 8.06. The van der Waals surface area contributed by atoms with Gasteiger partial charge in [-0.2, -0.15) is 4.99 Å². The van der Waals surface area contributed by atoms with E-state index in [4.69, 9.17) is 0 Å². The van der Waals surface area contributed by atoms with E-state index in [2.05, 4.69) is 17.1 Å². The Labute approximate surface area is 151 Å². The van der Waals surface area contributed by atoms with Gasteiger partial charge in [0.25, 0.3) is 5.91 Å². The van der Waals surface area contributed by atoms with E-state index in [1.807, 2.05) is 48.6 Å². The van der Waals surface area contributed by atoms with Crippen LogP contribution in [0.2, 0.25) is 0 Å². The van der Waals surface area contributed by atoms with Crippen molar-refractivity contribution < 1.29 is 9.35 Å². The standard InChI is InChI=1S/C20H11NO2S2/c22-18-14-10-9-12-11-5-1-3-7-15(11)24-17(12)20(14)13-6-2-4-8-16(13)25(23)19(20)21-18/h1-10,17H. The van der Waals surface area contributed by atoms with Gasteiger partial charge in [0.2, 0.25) is 5.04 Å². The minimum atomic E-state index is -1.38. The van der Waals surface area contributed by atoms with Crippen LogP contribution in [0.5, 0.6) is 0 Å². The fraction of sp³-hybridized carbons (Fsp3) is 0.100. The van der Waals surface area contributed by atoms with Crippen molar-refractivity contribution in [3.63, 3.8) is 0 Å². The average Bonchev–Trinajstić information content (AvgIpc) is 3.24. The molecule has 1 amide bonds. The van der Waals surface area contributed by atoms with Crippen LogP contribution in [-0.4, -0.2) is 20.8 Å². The smallest absolute Gasteiger partial charge is 0.278 e. The Balaban J connectivity index is 1.69. The highest BCUT2D eigenvalue weighted by Gasteiger charge is 2.68. The SMILES string of the molecule is O=C1N=C2[S+]([O-])c3ccccc3C23C1=CC=C1c2ccccc2SC13. The Bertz CT molecular complexity index is 1080. The van der Waals surface area contributed by atoms with Gasteiger partial charge in [-0.05, 0) is 23.3 Å². The van der Waals surface area contributed by atoms with Crippen LogP contribution in [0.4, 0.5) is 0 Å². The number of nitrogens with zero attached hydrogens (tertiary/aromatic N) is 1. The van der Waals surface area contributed by atoms with Crippen LogP contribution in [0.25, 0.3) is 5.57 Å². The summed E-state index contributed by atoms with van der Waals surface area (Å²) in [6, 6.07) is 16.1. The lowest BCUT2D eigenvalue weighted by molar-refractivity contribution is -0.114. The average molecular weight is 361 g/mol. The fourth-order valence-electron chi connectivity index (χ4n) is 4.44. The zero-order valence-electron chi connectivity index (χ0n) is 12.9. The maximum absolute atomic E-state index is 13.1. The number of amides is 1. The van der Waals surface area contributed by atoms with Gasteiger partial charge >= 0.3 is 0 Å². The van der Waals surface area contributed by atoms with Gasteiger partial charge in [-0.25, -0.2) is 0 Å². The molecule has 0 aromatic heterocycles. The molecule has 2 aromatic rings. The van der Waals surface area contributed by atoms with E-state index in [-0.39, 0.29) is 11.2 Å². The quantitative estimate of drug-likeness (QED) is 0.675. The molecule has 1 spiro atoms. The van der Waals surface area contributed by atoms with Crippen LogP contribution in [0.1, 0.15) is 11.1 Å². The molecule has 3 heterocycles. The summed E-state index contributed by atoms with van der Waals surface area (Å²) >= 11 is 0.376. The maximum Gasteiger partial charge on any atom is 0.278 e. The molecule has 6 rings (SSSR count). The summed E-state index contributed by atoms with van der Waals surface area (Å²) in [6.45, 7) is 0.